The van der Waals surface area contributed by atoms with Crippen LogP contribution in [0, 0.1) is 5.92 Å². The van der Waals surface area contributed by atoms with Crippen molar-refractivity contribution in [3.05, 3.63) is 12.7 Å². The summed E-state index contributed by atoms with van der Waals surface area (Å²) in [5.74, 6) is 0.818. The second kappa shape index (κ2) is 5.66. The molecule has 2 nitrogen and oxygen atoms in total. The molecule has 1 unspecified atom stereocenters. The minimum absolute atomic E-state index is 0.251. The van der Waals surface area contributed by atoms with Gasteiger partial charge in [-0.3, -0.25) is 4.90 Å². The van der Waals surface area contributed by atoms with Crippen molar-refractivity contribution < 1.29 is 0 Å². The van der Waals surface area contributed by atoms with Gasteiger partial charge in [-0.25, -0.2) is 0 Å². The molecule has 1 aliphatic rings. The first kappa shape index (κ1) is 12.7. The van der Waals surface area contributed by atoms with E-state index in [1.54, 1.807) is 0 Å². The second-order valence-electron chi connectivity index (χ2n) is 5.69. The number of nitrogens with one attached hydrogen (secondary N) is 1. The number of hydrogen-bond acceptors (Lipinski definition) is 2. The van der Waals surface area contributed by atoms with E-state index in [1.165, 1.54) is 25.9 Å². The Morgan fingerprint density at radius 2 is 2.20 bits per heavy atom. The van der Waals surface area contributed by atoms with Gasteiger partial charge in [-0.05, 0) is 52.6 Å². The molecule has 0 saturated carbocycles. The third-order valence-corrected chi connectivity index (χ3v) is 2.91. The van der Waals surface area contributed by atoms with E-state index in [0.29, 0.717) is 0 Å². The second-order valence-corrected chi connectivity index (χ2v) is 5.69. The van der Waals surface area contributed by atoms with Gasteiger partial charge in [0.05, 0.1) is 0 Å². The maximum atomic E-state index is 3.81. The monoisotopic (exact) mass is 210 g/mol. The van der Waals surface area contributed by atoms with E-state index < -0.39 is 0 Å². The molecule has 0 amide bonds. The lowest BCUT2D eigenvalue weighted by Crippen LogP contribution is -2.44. The van der Waals surface area contributed by atoms with Crippen LogP contribution in [-0.4, -0.2) is 36.6 Å². The minimum atomic E-state index is 0.251. The van der Waals surface area contributed by atoms with Crippen LogP contribution in [0.5, 0.6) is 0 Å². The Morgan fingerprint density at radius 1 is 1.47 bits per heavy atom. The summed E-state index contributed by atoms with van der Waals surface area (Å²) < 4.78 is 0. The van der Waals surface area contributed by atoms with Crippen molar-refractivity contribution >= 4 is 0 Å². The van der Waals surface area contributed by atoms with Crippen molar-refractivity contribution in [3.63, 3.8) is 0 Å². The Bertz CT molecular complexity index is 193. The molecule has 0 bridgehead atoms. The van der Waals surface area contributed by atoms with Crippen LogP contribution in [0.25, 0.3) is 0 Å². The molecule has 1 saturated heterocycles. The average Bonchev–Trinajstić information content (AvgIpc) is 2.15. The number of piperidine rings is 1. The Balaban J connectivity index is 2.27. The average molecular weight is 210 g/mol. The third kappa shape index (κ3) is 5.33. The summed E-state index contributed by atoms with van der Waals surface area (Å²) in [6.45, 7) is 15.2. The summed E-state index contributed by atoms with van der Waals surface area (Å²) in [6, 6.07) is 0. The molecule has 1 atom stereocenters. The molecule has 1 heterocycles. The predicted octanol–water partition coefficient (Wildman–Crippen LogP) is 2.27. The summed E-state index contributed by atoms with van der Waals surface area (Å²) in [4.78, 5) is 2.51. The Kier molecular flexibility index (Phi) is 4.81. The zero-order chi connectivity index (χ0) is 11.3. The highest BCUT2D eigenvalue weighted by molar-refractivity contribution is 4.81. The Labute approximate surface area is 94.7 Å². The molecule has 88 valence electrons. The van der Waals surface area contributed by atoms with Crippen molar-refractivity contribution in [1.29, 1.82) is 0 Å². The van der Waals surface area contributed by atoms with Crippen LogP contribution in [0.2, 0.25) is 0 Å². The fourth-order valence-corrected chi connectivity index (χ4v) is 2.12. The van der Waals surface area contributed by atoms with Gasteiger partial charge in [-0.15, -0.1) is 6.58 Å². The number of nitrogens with zero attached hydrogens (tertiary/aromatic N) is 1. The summed E-state index contributed by atoms with van der Waals surface area (Å²) in [5, 5.41) is 3.60. The standard InChI is InChI=1S/C13H26N2/c1-5-8-15-9-6-7-12(11-15)10-14-13(2,3)4/h5,12,14H,1,6-11H2,2-4H3. The van der Waals surface area contributed by atoms with E-state index in [9.17, 15) is 0 Å². The third-order valence-electron chi connectivity index (χ3n) is 2.91. The number of rotatable bonds is 4. The van der Waals surface area contributed by atoms with E-state index in [0.717, 1.165) is 19.0 Å². The Hall–Kier alpha value is -0.340. The van der Waals surface area contributed by atoms with Gasteiger partial charge in [0.25, 0.3) is 0 Å². The van der Waals surface area contributed by atoms with Crippen molar-refractivity contribution in [2.75, 3.05) is 26.2 Å². The van der Waals surface area contributed by atoms with Gasteiger partial charge in [0, 0.05) is 18.6 Å². The molecule has 0 aromatic carbocycles. The lowest BCUT2D eigenvalue weighted by molar-refractivity contribution is 0.181. The van der Waals surface area contributed by atoms with Crippen molar-refractivity contribution in [2.24, 2.45) is 5.92 Å². The normalized spacial score (nSPS) is 24.1. The molecule has 2 heteroatoms. The molecule has 0 spiro atoms. The van der Waals surface area contributed by atoms with E-state index in [4.69, 9.17) is 0 Å². The quantitative estimate of drug-likeness (QED) is 0.716. The first-order valence-corrected chi connectivity index (χ1v) is 6.09. The van der Waals surface area contributed by atoms with Gasteiger partial charge in [0.15, 0.2) is 0 Å². The van der Waals surface area contributed by atoms with E-state index in [1.807, 2.05) is 6.08 Å². The highest BCUT2D eigenvalue weighted by atomic mass is 15.1. The first-order chi connectivity index (χ1) is 7.01. The van der Waals surface area contributed by atoms with Gasteiger partial charge in [0.1, 0.15) is 0 Å². The van der Waals surface area contributed by atoms with Crippen LogP contribution in [0.15, 0.2) is 12.7 Å². The first-order valence-electron chi connectivity index (χ1n) is 6.09. The maximum Gasteiger partial charge on any atom is 0.0160 e. The van der Waals surface area contributed by atoms with Crippen LogP contribution < -0.4 is 5.32 Å². The van der Waals surface area contributed by atoms with Gasteiger partial charge in [0.2, 0.25) is 0 Å². The minimum Gasteiger partial charge on any atom is -0.312 e. The molecule has 1 aliphatic heterocycles. The van der Waals surface area contributed by atoms with E-state index >= 15 is 0 Å². The largest absolute Gasteiger partial charge is 0.312 e. The van der Waals surface area contributed by atoms with Crippen molar-refractivity contribution in [2.45, 2.75) is 39.2 Å². The molecular formula is C13H26N2. The topological polar surface area (TPSA) is 15.3 Å². The van der Waals surface area contributed by atoms with Gasteiger partial charge in [-0.1, -0.05) is 6.08 Å². The van der Waals surface area contributed by atoms with Crippen LogP contribution >= 0.6 is 0 Å². The van der Waals surface area contributed by atoms with Crippen molar-refractivity contribution in [3.8, 4) is 0 Å². The lowest BCUT2D eigenvalue weighted by Gasteiger charge is -2.34. The lowest BCUT2D eigenvalue weighted by atomic mass is 9.96. The van der Waals surface area contributed by atoms with Crippen LogP contribution in [-0.2, 0) is 0 Å². The molecule has 0 radical (unpaired) electrons. The highest BCUT2D eigenvalue weighted by Gasteiger charge is 2.20. The fourth-order valence-electron chi connectivity index (χ4n) is 2.12. The molecule has 1 N–H and O–H groups in total. The molecule has 0 aromatic heterocycles. The molecule has 0 aromatic rings. The zero-order valence-electron chi connectivity index (χ0n) is 10.6. The van der Waals surface area contributed by atoms with Gasteiger partial charge >= 0.3 is 0 Å². The summed E-state index contributed by atoms with van der Waals surface area (Å²) in [7, 11) is 0. The van der Waals surface area contributed by atoms with Crippen LogP contribution in [0.1, 0.15) is 33.6 Å². The van der Waals surface area contributed by atoms with Crippen LogP contribution in [0.3, 0.4) is 0 Å². The SMILES string of the molecule is C=CCN1CCCC(CNC(C)(C)C)C1. The Morgan fingerprint density at radius 3 is 2.80 bits per heavy atom. The molecular weight excluding hydrogens is 184 g/mol. The van der Waals surface area contributed by atoms with Crippen molar-refractivity contribution in [1.82, 2.24) is 10.2 Å². The number of likely N-dealkylation sites (tertiary alicyclic amines) is 1. The molecule has 15 heavy (non-hydrogen) atoms. The zero-order valence-corrected chi connectivity index (χ0v) is 10.6. The molecule has 1 fully saturated rings. The summed E-state index contributed by atoms with van der Waals surface area (Å²) in [6.07, 6.45) is 4.72. The van der Waals surface area contributed by atoms with Crippen LogP contribution in [0.4, 0.5) is 0 Å². The fraction of sp³-hybridized carbons (Fsp3) is 0.846. The molecule has 1 rings (SSSR count). The molecule has 0 aliphatic carbocycles. The summed E-state index contributed by atoms with van der Waals surface area (Å²) in [5.41, 5.74) is 0.251. The number of hydrogen-bond donors (Lipinski definition) is 1. The van der Waals surface area contributed by atoms with E-state index in [-0.39, 0.29) is 5.54 Å². The van der Waals surface area contributed by atoms with Gasteiger partial charge < -0.3 is 5.32 Å². The maximum absolute atomic E-state index is 3.81. The highest BCUT2D eigenvalue weighted by Crippen LogP contribution is 2.16. The summed E-state index contributed by atoms with van der Waals surface area (Å²) >= 11 is 0. The van der Waals surface area contributed by atoms with Gasteiger partial charge in [-0.2, -0.15) is 0 Å². The smallest absolute Gasteiger partial charge is 0.0160 e. The van der Waals surface area contributed by atoms with E-state index in [2.05, 4.69) is 37.6 Å². The predicted molar refractivity (Wildman–Crippen MR) is 67.1 cm³/mol.